The minimum absolute atomic E-state index is 0.550. The molecule has 0 aliphatic carbocycles. The second kappa shape index (κ2) is 4.21. The summed E-state index contributed by atoms with van der Waals surface area (Å²) < 4.78 is 1.96. The average Bonchev–Trinajstić information content (AvgIpc) is 1.95. The Labute approximate surface area is 83.5 Å². The van der Waals surface area contributed by atoms with Crippen molar-refractivity contribution in [1.29, 1.82) is 0 Å². The van der Waals surface area contributed by atoms with Gasteiger partial charge in [-0.2, -0.15) is 0 Å². The van der Waals surface area contributed by atoms with Gasteiger partial charge in [-0.25, -0.2) is 4.99 Å². The summed E-state index contributed by atoms with van der Waals surface area (Å²) in [6.07, 6.45) is 7.09. The number of halogens is 2. The fourth-order valence-electron chi connectivity index (χ4n) is 0.820. The van der Waals surface area contributed by atoms with E-state index in [9.17, 15) is 0 Å². The van der Waals surface area contributed by atoms with E-state index < -0.39 is 0 Å². The Morgan fingerprint density at radius 1 is 1.55 bits per heavy atom. The highest BCUT2D eigenvalue weighted by atomic mass is 79.9. The molecule has 60 valence electrons. The summed E-state index contributed by atoms with van der Waals surface area (Å²) in [5, 5.41) is 0. The fraction of sp³-hybridized carbons (Fsp3) is 0.375. The van der Waals surface area contributed by atoms with Crippen molar-refractivity contribution >= 4 is 38.1 Å². The molecular weight excluding hydrogens is 270 g/mol. The molecule has 3 heteroatoms. The molecule has 0 saturated heterocycles. The van der Waals surface area contributed by atoms with Crippen molar-refractivity contribution in [1.82, 2.24) is 0 Å². The molecule has 0 aromatic heterocycles. The Balaban J connectivity index is 2.82. The topological polar surface area (TPSA) is 12.4 Å². The maximum absolute atomic E-state index is 4.15. The molecule has 0 N–H and O–H groups in total. The van der Waals surface area contributed by atoms with Gasteiger partial charge in [-0.05, 0) is 50.3 Å². The molecule has 11 heavy (non-hydrogen) atoms. The van der Waals surface area contributed by atoms with Crippen LogP contribution < -0.4 is 0 Å². The quantitative estimate of drug-likeness (QED) is 0.600. The molecule has 0 bridgehead atoms. The molecule has 1 nitrogen and oxygen atoms in total. The average molecular weight is 279 g/mol. The third-order valence-corrected chi connectivity index (χ3v) is 2.42. The molecule has 0 radical (unpaired) electrons. The smallest absolute Gasteiger partial charge is 0.102 e. The number of hydrogen-bond acceptors (Lipinski definition) is 1. The normalized spacial score (nSPS) is 37.5. The van der Waals surface area contributed by atoms with Gasteiger partial charge in [0.15, 0.2) is 0 Å². The van der Waals surface area contributed by atoms with Crippen molar-refractivity contribution in [2.24, 2.45) is 10.9 Å². The summed E-state index contributed by atoms with van der Waals surface area (Å²) in [4.78, 5) is 4.15. The molecule has 0 fully saturated rings. The first-order chi connectivity index (χ1) is 5.18. The Morgan fingerprint density at radius 3 is 3.00 bits per heavy atom. The summed E-state index contributed by atoms with van der Waals surface area (Å²) in [6.45, 7) is 2.17. The molecule has 1 rings (SSSR count). The number of hydrogen-bond donors (Lipinski definition) is 0. The molecular formula is C8H9Br2N. The van der Waals surface area contributed by atoms with E-state index in [1.165, 1.54) is 0 Å². The van der Waals surface area contributed by atoms with Gasteiger partial charge in [-0.3, -0.25) is 0 Å². The zero-order chi connectivity index (χ0) is 8.27. The molecule has 1 aliphatic rings. The standard InChI is InChI=1S/C8H9Br2N/c1-6-2-3-7(9)5-11-8(10)4-6/h3-6H,2H2,1H3/b7-3-,8-4-,11-5-. The lowest BCUT2D eigenvalue weighted by Crippen LogP contribution is -1.91. The lowest BCUT2D eigenvalue weighted by molar-refractivity contribution is 0.740. The first-order valence-corrected chi connectivity index (χ1v) is 5.04. The van der Waals surface area contributed by atoms with Crippen LogP contribution >= 0.6 is 31.9 Å². The van der Waals surface area contributed by atoms with Crippen molar-refractivity contribution < 1.29 is 0 Å². The van der Waals surface area contributed by atoms with E-state index in [2.05, 4.69) is 55.9 Å². The molecule has 1 aliphatic heterocycles. The van der Waals surface area contributed by atoms with Crippen LogP contribution in [0.1, 0.15) is 13.3 Å². The van der Waals surface area contributed by atoms with E-state index in [4.69, 9.17) is 0 Å². The van der Waals surface area contributed by atoms with Gasteiger partial charge < -0.3 is 0 Å². The van der Waals surface area contributed by atoms with E-state index in [1.54, 1.807) is 6.21 Å². The minimum atomic E-state index is 0.550. The highest BCUT2D eigenvalue weighted by Crippen LogP contribution is 2.18. The molecule has 1 atom stereocenters. The zero-order valence-corrected chi connectivity index (χ0v) is 9.39. The van der Waals surface area contributed by atoms with Crippen molar-refractivity contribution in [3.63, 3.8) is 0 Å². The van der Waals surface area contributed by atoms with Gasteiger partial charge in [0.25, 0.3) is 0 Å². The van der Waals surface area contributed by atoms with E-state index in [-0.39, 0.29) is 0 Å². The van der Waals surface area contributed by atoms with E-state index in [0.717, 1.165) is 15.5 Å². The molecule has 0 saturated carbocycles. The predicted molar refractivity (Wildman–Crippen MR) is 56.3 cm³/mol. The monoisotopic (exact) mass is 277 g/mol. The fourth-order valence-corrected chi connectivity index (χ4v) is 1.66. The Kier molecular flexibility index (Phi) is 3.52. The van der Waals surface area contributed by atoms with Crippen LogP contribution in [0.3, 0.4) is 0 Å². The van der Waals surface area contributed by atoms with Crippen LogP contribution in [0, 0.1) is 5.92 Å². The molecule has 0 amide bonds. The number of rotatable bonds is 0. The van der Waals surface area contributed by atoms with Crippen molar-refractivity contribution in [3.05, 3.63) is 21.2 Å². The summed E-state index contributed by atoms with van der Waals surface area (Å²) in [6, 6.07) is 0. The third kappa shape index (κ3) is 3.34. The second-order valence-corrected chi connectivity index (χ2v) is 4.28. The molecule has 0 aromatic rings. The van der Waals surface area contributed by atoms with Gasteiger partial charge in [0, 0.05) is 10.7 Å². The first kappa shape index (κ1) is 9.20. The van der Waals surface area contributed by atoms with Crippen LogP contribution in [0.5, 0.6) is 0 Å². The molecule has 0 spiro atoms. The van der Waals surface area contributed by atoms with E-state index in [0.29, 0.717) is 5.92 Å². The maximum Gasteiger partial charge on any atom is 0.102 e. The van der Waals surface area contributed by atoms with Crippen LogP contribution in [0.4, 0.5) is 0 Å². The minimum Gasteiger partial charge on any atom is -0.249 e. The number of aliphatic imine (C=N–C) groups is 1. The largest absolute Gasteiger partial charge is 0.249 e. The molecule has 1 unspecified atom stereocenters. The Bertz CT molecular complexity index is 228. The van der Waals surface area contributed by atoms with Gasteiger partial charge in [-0.1, -0.05) is 13.0 Å². The predicted octanol–water partition coefficient (Wildman–Crippen LogP) is 3.61. The molecule has 0 aromatic carbocycles. The van der Waals surface area contributed by atoms with Crippen LogP contribution in [-0.2, 0) is 0 Å². The summed E-state index contributed by atoms with van der Waals surface area (Å²) >= 11 is 6.75. The first-order valence-electron chi connectivity index (χ1n) is 3.45. The van der Waals surface area contributed by atoms with Gasteiger partial charge in [0.1, 0.15) is 4.61 Å². The third-order valence-electron chi connectivity index (χ3n) is 1.42. The number of nitrogens with zero attached hydrogens (tertiary/aromatic N) is 1. The molecule has 1 heterocycles. The lowest BCUT2D eigenvalue weighted by atomic mass is 10.1. The van der Waals surface area contributed by atoms with E-state index >= 15 is 0 Å². The van der Waals surface area contributed by atoms with Gasteiger partial charge >= 0.3 is 0 Å². The Hall–Kier alpha value is 0.110. The SMILES string of the molecule is CC1\C=C(Br)/N=C\C(Br)=C\C1. The van der Waals surface area contributed by atoms with Crippen molar-refractivity contribution in [2.75, 3.05) is 0 Å². The van der Waals surface area contributed by atoms with Gasteiger partial charge in [0.2, 0.25) is 0 Å². The van der Waals surface area contributed by atoms with Gasteiger partial charge in [-0.15, -0.1) is 0 Å². The highest BCUT2D eigenvalue weighted by molar-refractivity contribution is 9.12. The summed E-state index contributed by atoms with van der Waals surface area (Å²) in [7, 11) is 0. The summed E-state index contributed by atoms with van der Waals surface area (Å²) in [5.41, 5.74) is 0. The van der Waals surface area contributed by atoms with Crippen LogP contribution in [-0.4, -0.2) is 6.21 Å². The Morgan fingerprint density at radius 2 is 2.27 bits per heavy atom. The zero-order valence-electron chi connectivity index (χ0n) is 6.22. The van der Waals surface area contributed by atoms with Crippen LogP contribution in [0.25, 0.3) is 0 Å². The maximum atomic E-state index is 4.15. The van der Waals surface area contributed by atoms with Crippen molar-refractivity contribution in [2.45, 2.75) is 13.3 Å². The number of allylic oxidation sites excluding steroid dienone is 3. The van der Waals surface area contributed by atoms with Crippen LogP contribution in [0.15, 0.2) is 26.2 Å². The van der Waals surface area contributed by atoms with E-state index in [1.807, 2.05) is 0 Å². The lowest BCUT2D eigenvalue weighted by Gasteiger charge is -2.04. The van der Waals surface area contributed by atoms with Crippen LogP contribution in [0.2, 0.25) is 0 Å². The van der Waals surface area contributed by atoms with Crippen molar-refractivity contribution in [3.8, 4) is 0 Å². The highest BCUT2D eigenvalue weighted by Gasteiger charge is 2.00. The summed E-state index contributed by atoms with van der Waals surface area (Å²) in [5.74, 6) is 0.550. The van der Waals surface area contributed by atoms with Gasteiger partial charge in [0.05, 0.1) is 0 Å². The second-order valence-electron chi connectivity index (χ2n) is 2.55.